The van der Waals surface area contributed by atoms with E-state index in [1.807, 2.05) is 4.57 Å². The summed E-state index contributed by atoms with van der Waals surface area (Å²) in [7, 11) is 0. The maximum absolute atomic E-state index is 5.63. The van der Waals surface area contributed by atoms with E-state index in [4.69, 9.17) is 23.8 Å². The molecule has 13 heavy (non-hydrogen) atoms. The van der Waals surface area contributed by atoms with Crippen molar-refractivity contribution in [2.45, 2.75) is 6.54 Å². The van der Waals surface area contributed by atoms with Crippen molar-refractivity contribution in [1.82, 2.24) is 19.5 Å². The van der Waals surface area contributed by atoms with E-state index in [1.165, 1.54) is 0 Å². The average Bonchev–Trinajstić information content (AvgIpc) is 2.51. The third-order valence-electron chi connectivity index (χ3n) is 1.75. The van der Waals surface area contributed by atoms with E-state index < -0.39 is 0 Å². The average molecular weight is 215 g/mol. The fourth-order valence-corrected chi connectivity index (χ4v) is 1.55. The van der Waals surface area contributed by atoms with E-state index in [1.54, 1.807) is 12.7 Å². The maximum atomic E-state index is 5.63. The first-order chi connectivity index (χ1) is 6.33. The lowest BCUT2D eigenvalue weighted by Crippen LogP contribution is -1.98. The molecule has 0 saturated carbocycles. The molecule has 0 unspecified atom stereocenters. The largest absolute Gasteiger partial charge is 0.331 e. The van der Waals surface area contributed by atoms with Gasteiger partial charge in [-0.15, -0.1) is 11.6 Å². The summed E-state index contributed by atoms with van der Waals surface area (Å²) >= 11 is 10.6. The Kier molecular flexibility index (Phi) is 2.28. The van der Waals surface area contributed by atoms with Crippen LogP contribution in [0.3, 0.4) is 0 Å². The fraction of sp³-hybridized carbons (Fsp3) is 0.286. The second-order valence-corrected chi connectivity index (χ2v) is 3.30. The molecule has 0 aromatic carbocycles. The van der Waals surface area contributed by atoms with Gasteiger partial charge in [0.25, 0.3) is 0 Å². The predicted octanol–water partition coefficient (Wildman–Crippen LogP) is 1.73. The molecule has 0 aliphatic rings. The van der Waals surface area contributed by atoms with Crippen molar-refractivity contribution in [3.63, 3.8) is 0 Å². The SMILES string of the molecule is S=c1nc[nH]c2c1ncn2CCCl. The number of rotatable bonds is 2. The second-order valence-electron chi connectivity index (χ2n) is 2.53. The Morgan fingerprint density at radius 3 is 3.15 bits per heavy atom. The first kappa shape index (κ1) is 8.65. The van der Waals surface area contributed by atoms with Gasteiger partial charge in [-0.2, -0.15) is 0 Å². The molecule has 0 amide bonds. The summed E-state index contributed by atoms with van der Waals surface area (Å²) < 4.78 is 2.43. The molecule has 0 saturated heterocycles. The minimum atomic E-state index is 0.516. The number of hydrogen-bond acceptors (Lipinski definition) is 3. The molecule has 2 aromatic heterocycles. The zero-order chi connectivity index (χ0) is 9.26. The van der Waals surface area contributed by atoms with Crippen LogP contribution in [0.1, 0.15) is 0 Å². The van der Waals surface area contributed by atoms with Crippen LogP contribution in [0.5, 0.6) is 0 Å². The lowest BCUT2D eigenvalue weighted by molar-refractivity contribution is 0.783. The normalized spacial score (nSPS) is 10.8. The summed E-state index contributed by atoms with van der Waals surface area (Å²) in [5, 5.41) is 0. The Morgan fingerprint density at radius 2 is 2.38 bits per heavy atom. The molecule has 2 rings (SSSR count). The number of aromatic nitrogens is 4. The number of halogens is 1. The van der Waals surface area contributed by atoms with E-state index >= 15 is 0 Å². The third-order valence-corrected chi connectivity index (χ3v) is 2.22. The highest BCUT2D eigenvalue weighted by atomic mass is 35.5. The monoisotopic (exact) mass is 214 g/mol. The van der Waals surface area contributed by atoms with Crippen LogP contribution >= 0.6 is 23.8 Å². The summed E-state index contributed by atoms with van der Waals surface area (Å²) in [5.41, 5.74) is 1.60. The molecule has 6 heteroatoms. The van der Waals surface area contributed by atoms with Crippen molar-refractivity contribution in [1.29, 1.82) is 0 Å². The Labute approximate surface area is 84.6 Å². The highest BCUT2D eigenvalue weighted by molar-refractivity contribution is 7.71. The molecule has 2 aromatic rings. The van der Waals surface area contributed by atoms with E-state index in [9.17, 15) is 0 Å². The number of aryl methyl sites for hydroxylation is 1. The van der Waals surface area contributed by atoms with Gasteiger partial charge >= 0.3 is 0 Å². The minimum absolute atomic E-state index is 0.516. The van der Waals surface area contributed by atoms with Gasteiger partial charge in [-0.05, 0) is 0 Å². The quantitative estimate of drug-likeness (QED) is 0.612. The van der Waals surface area contributed by atoms with Crippen LogP contribution in [-0.4, -0.2) is 25.4 Å². The lowest BCUT2D eigenvalue weighted by atomic mass is 10.5. The highest BCUT2D eigenvalue weighted by Gasteiger charge is 2.02. The van der Waals surface area contributed by atoms with Crippen molar-refractivity contribution in [2.75, 3.05) is 5.88 Å². The summed E-state index contributed by atoms with van der Waals surface area (Å²) in [4.78, 5) is 11.1. The van der Waals surface area contributed by atoms with E-state index in [0.717, 1.165) is 11.2 Å². The van der Waals surface area contributed by atoms with Crippen LogP contribution in [0, 0.1) is 4.64 Å². The molecule has 0 bridgehead atoms. The zero-order valence-electron chi connectivity index (χ0n) is 6.70. The molecule has 0 aliphatic heterocycles. The number of H-pyrrole nitrogens is 1. The van der Waals surface area contributed by atoms with Gasteiger partial charge in [0.15, 0.2) is 4.64 Å². The molecule has 0 aliphatic carbocycles. The van der Waals surface area contributed by atoms with Gasteiger partial charge in [-0.1, -0.05) is 12.2 Å². The van der Waals surface area contributed by atoms with Gasteiger partial charge in [0, 0.05) is 12.4 Å². The molecule has 1 N–H and O–H groups in total. The van der Waals surface area contributed by atoms with Crippen LogP contribution in [0.25, 0.3) is 11.2 Å². The maximum Gasteiger partial charge on any atom is 0.157 e. The minimum Gasteiger partial charge on any atom is -0.331 e. The van der Waals surface area contributed by atoms with E-state index in [-0.39, 0.29) is 0 Å². The summed E-state index contributed by atoms with van der Waals surface area (Å²) in [6.45, 7) is 0.716. The van der Waals surface area contributed by atoms with Gasteiger partial charge in [0.1, 0.15) is 11.2 Å². The number of alkyl halides is 1. The van der Waals surface area contributed by atoms with Gasteiger partial charge in [-0.3, -0.25) is 0 Å². The van der Waals surface area contributed by atoms with Crippen LogP contribution < -0.4 is 0 Å². The molecule has 2 heterocycles. The molecule has 0 atom stereocenters. The number of aromatic amines is 1. The summed E-state index contributed by atoms with van der Waals surface area (Å²) in [6, 6.07) is 0. The number of nitrogens with zero attached hydrogens (tertiary/aromatic N) is 3. The Bertz CT molecular complexity index is 475. The lowest BCUT2D eigenvalue weighted by Gasteiger charge is -1.98. The van der Waals surface area contributed by atoms with Gasteiger partial charge in [-0.25, -0.2) is 9.97 Å². The molecule has 0 fully saturated rings. The second kappa shape index (κ2) is 3.43. The van der Waals surface area contributed by atoms with Crippen molar-refractivity contribution in [2.24, 2.45) is 0 Å². The topological polar surface area (TPSA) is 46.5 Å². The fourth-order valence-electron chi connectivity index (χ4n) is 1.16. The summed E-state index contributed by atoms with van der Waals surface area (Å²) in [5.74, 6) is 0.550. The van der Waals surface area contributed by atoms with Crippen LogP contribution in [0.15, 0.2) is 12.7 Å². The molecular weight excluding hydrogens is 208 g/mol. The van der Waals surface area contributed by atoms with Crippen LogP contribution in [0.4, 0.5) is 0 Å². The highest BCUT2D eigenvalue weighted by Crippen LogP contribution is 2.08. The van der Waals surface area contributed by atoms with Gasteiger partial charge in [0.05, 0.1) is 12.7 Å². The molecule has 0 spiro atoms. The number of fused-ring (bicyclic) bond motifs is 1. The number of nitrogens with one attached hydrogen (secondary N) is 1. The van der Waals surface area contributed by atoms with Crippen molar-refractivity contribution in [3.8, 4) is 0 Å². The van der Waals surface area contributed by atoms with E-state index in [0.29, 0.717) is 17.1 Å². The van der Waals surface area contributed by atoms with E-state index in [2.05, 4.69) is 15.0 Å². The number of hydrogen-bond donors (Lipinski definition) is 1. The molecular formula is C7H7ClN4S. The standard InChI is InChI=1S/C7H7ClN4S/c8-1-2-12-4-11-5-6(12)9-3-10-7(5)13/h3-4H,1-2H2,(H,9,10,13). The predicted molar refractivity (Wildman–Crippen MR) is 53.4 cm³/mol. The van der Waals surface area contributed by atoms with Gasteiger partial charge < -0.3 is 9.55 Å². The van der Waals surface area contributed by atoms with Crippen LogP contribution in [0.2, 0.25) is 0 Å². The third kappa shape index (κ3) is 1.45. The van der Waals surface area contributed by atoms with Crippen molar-refractivity contribution >= 4 is 35.0 Å². The molecule has 4 nitrogen and oxygen atoms in total. The molecule has 68 valence electrons. The first-order valence-corrected chi connectivity index (χ1v) is 4.71. The van der Waals surface area contributed by atoms with Gasteiger partial charge in [0.2, 0.25) is 0 Å². The Morgan fingerprint density at radius 1 is 1.54 bits per heavy atom. The Balaban J connectivity index is 2.68. The smallest absolute Gasteiger partial charge is 0.157 e. The Hall–Kier alpha value is -0.940. The molecule has 0 radical (unpaired) electrons. The van der Waals surface area contributed by atoms with Crippen molar-refractivity contribution < 1.29 is 0 Å². The van der Waals surface area contributed by atoms with Crippen molar-refractivity contribution in [3.05, 3.63) is 17.3 Å². The number of imidazole rings is 1. The summed E-state index contributed by atoms with van der Waals surface area (Å²) in [6.07, 6.45) is 3.28. The van der Waals surface area contributed by atoms with Crippen LogP contribution in [-0.2, 0) is 6.54 Å². The first-order valence-electron chi connectivity index (χ1n) is 3.77. The zero-order valence-corrected chi connectivity index (χ0v) is 8.27.